The minimum absolute atomic E-state index is 0.522. The highest BCUT2D eigenvalue weighted by atomic mass is 16.5. The second kappa shape index (κ2) is 8.67. The van der Waals surface area contributed by atoms with Crippen molar-refractivity contribution in [1.29, 1.82) is 0 Å². The first kappa shape index (κ1) is 17.5. The van der Waals surface area contributed by atoms with Crippen LogP contribution in [0.2, 0.25) is 0 Å². The summed E-state index contributed by atoms with van der Waals surface area (Å²) in [6.45, 7) is 5.11. The smallest absolute Gasteiger partial charge is 0.205 e. The SMILES string of the molecule is CCCOc1cnc(C#Cc2ccc(C3CCC(C)CC3)cc2)nc1. The van der Waals surface area contributed by atoms with Gasteiger partial charge in [0.1, 0.15) is 0 Å². The monoisotopic (exact) mass is 334 g/mol. The van der Waals surface area contributed by atoms with Gasteiger partial charge >= 0.3 is 0 Å². The largest absolute Gasteiger partial charge is 0.490 e. The molecule has 0 unspecified atom stereocenters. The van der Waals surface area contributed by atoms with Gasteiger partial charge in [-0.1, -0.05) is 44.7 Å². The quantitative estimate of drug-likeness (QED) is 0.741. The van der Waals surface area contributed by atoms with Crippen molar-refractivity contribution < 1.29 is 4.74 Å². The van der Waals surface area contributed by atoms with Crippen LogP contribution in [0.25, 0.3) is 0 Å². The molecule has 1 fully saturated rings. The summed E-state index contributed by atoms with van der Waals surface area (Å²) < 4.78 is 5.48. The maximum atomic E-state index is 5.48. The van der Waals surface area contributed by atoms with E-state index in [0.29, 0.717) is 18.2 Å². The van der Waals surface area contributed by atoms with Gasteiger partial charge in [-0.3, -0.25) is 0 Å². The van der Waals surface area contributed by atoms with Crippen LogP contribution in [0.4, 0.5) is 0 Å². The zero-order chi connectivity index (χ0) is 17.5. The minimum atomic E-state index is 0.522. The molecule has 0 saturated heterocycles. The van der Waals surface area contributed by atoms with Gasteiger partial charge in [-0.05, 0) is 54.7 Å². The molecule has 0 N–H and O–H groups in total. The average molecular weight is 334 g/mol. The van der Waals surface area contributed by atoms with Crippen LogP contribution in [-0.4, -0.2) is 16.6 Å². The number of ether oxygens (including phenoxy) is 1. The highest BCUT2D eigenvalue weighted by Gasteiger charge is 2.19. The van der Waals surface area contributed by atoms with Gasteiger partial charge in [0.2, 0.25) is 5.82 Å². The molecule has 3 rings (SSSR count). The third-order valence-corrected chi connectivity index (χ3v) is 4.82. The van der Waals surface area contributed by atoms with E-state index in [4.69, 9.17) is 4.74 Å². The second-order valence-corrected chi connectivity index (χ2v) is 6.92. The van der Waals surface area contributed by atoms with Gasteiger partial charge in [-0.2, -0.15) is 0 Å². The van der Waals surface area contributed by atoms with Crippen LogP contribution < -0.4 is 4.74 Å². The zero-order valence-corrected chi connectivity index (χ0v) is 15.2. The van der Waals surface area contributed by atoms with E-state index in [1.165, 1.54) is 31.2 Å². The fourth-order valence-corrected chi connectivity index (χ4v) is 3.24. The summed E-state index contributed by atoms with van der Waals surface area (Å²) in [7, 11) is 0. The molecule has 130 valence electrons. The van der Waals surface area contributed by atoms with Crippen LogP contribution in [0.3, 0.4) is 0 Å². The summed E-state index contributed by atoms with van der Waals surface area (Å²) in [5.41, 5.74) is 2.45. The summed E-state index contributed by atoms with van der Waals surface area (Å²) in [6, 6.07) is 8.68. The second-order valence-electron chi connectivity index (χ2n) is 6.92. The Morgan fingerprint density at radius 2 is 1.68 bits per heavy atom. The molecule has 1 aromatic heterocycles. The Balaban J connectivity index is 1.61. The molecule has 25 heavy (non-hydrogen) atoms. The molecule has 0 aliphatic heterocycles. The van der Waals surface area contributed by atoms with Crippen molar-refractivity contribution >= 4 is 0 Å². The molecule has 0 amide bonds. The minimum Gasteiger partial charge on any atom is -0.490 e. The molecule has 3 nitrogen and oxygen atoms in total. The molecule has 0 atom stereocenters. The number of aromatic nitrogens is 2. The Kier molecular flexibility index (Phi) is 6.06. The van der Waals surface area contributed by atoms with Gasteiger partial charge in [0.25, 0.3) is 0 Å². The average Bonchev–Trinajstić information content (AvgIpc) is 2.67. The van der Waals surface area contributed by atoms with Crippen molar-refractivity contribution in [3.63, 3.8) is 0 Å². The van der Waals surface area contributed by atoms with Crippen molar-refractivity contribution in [1.82, 2.24) is 9.97 Å². The lowest BCUT2D eigenvalue weighted by atomic mass is 9.79. The summed E-state index contributed by atoms with van der Waals surface area (Å²) in [4.78, 5) is 8.47. The fraction of sp³-hybridized carbons (Fsp3) is 0.455. The van der Waals surface area contributed by atoms with Gasteiger partial charge in [0, 0.05) is 5.56 Å². The Hall–Kier alpha value is -2.34. The molecule has 1 saturated carbocycles. The first-order valence-electron chi connectivity index (χ1n) is 9.31. The van der Waals surface area contributed by atoms with Crippen molar-refractivity contribution in [3.8, 4) is 17.6 Å². The molecule has 1 heterocycles. The lowest BCUT2D eigenvalue weighted by Crippen LogP contribution is -2.10. The number of rotatable bonds is 4. The lowest BCUT2D eigenvalue weighted by Gasteiger charge is -2.26. The van der Waals surface area contributed by atoms with Crippen LogP contribution in [0.5, 0.6) is 5.75 Å². The van der Waals surface area contributed by atoms with Crippen molar-refractivity contribution in [2.24, 2.45) is 5.92 Å². The third-order valence-electron chi connectivity index (χ3n) is 4.82. The molecule has 2 aromatic rings. The van der Waals surface area contributed by atoms with Crippen LogP contribution in [0.15, 0.2) is 36.7 Å². The Bertz CT molecular complexity index is 717. The van der Waals surface area contributed by atoms with E-state index in [1.54, 1.807) is 12.4 Å². The normalized spacial score (nSPS) is 19.8. The zero-order valence-electron chi connectivity index (χ0n) is 15.2. The third kappa shape index (κ3) is 5.06. The Labute approximate surface area is 150 Å². The van der Waals surface area contributed by atoms with E-state index in [1.807, 2.05) is 0 Å². The standard InChI is InChI=1S/C22H26N2O/c1-3-14-25-21-15-23-22(24-16-21)13-8-18-6-11-20(12-7-18)19-9-4-17(2)5-10-19/h6-7,11-12,15-17,19H,3-5,9-10,14H2,1-2H3. The molecule has 1 aliphatic carbocycles. The molecule has 3 heteroatoms. The summed E-state index contributed by atoms with van der Waals surface area (Å²) >= 11 is 0. The summed E-state index contributed by atoms with van der Waals surface area (Å²) in [6.07, 6.45) is 9.65. The number of benzene rings is 1. The van der Waals surface area contributed by atoms with E-state index in [0.717, 1.165) is 23.8 Å². The lowest BCUT2D eigenvalue weighted by molar-refractivity contribution is 0.314. The van der Waals surface area contributed by atoms with Gasteiger partial charge < -0.3 is 4.74 Å². The molecular weight excluding hydrogens is 308 g/mol. The van der Waals surface area contributed by atoms with E-state index in [-0.39, 0.29) is 0 Å². The van der Waals surface area contributed by atoms with Crippen LogP contribution in [0.1, 0.15) is 68.8 Å². The van der Waals surface area contributed by atoms with Crippen LogP contribution in [0, 0.1) is 17.8 Å². The molecule has 0 radical (unpaired) electrons. The fourth-order valence-electron chi connectivity index (χ4n) is 3.24. The van der Waals surface area contributed by atoms with E-state index >= 15 is 0 Å². The van der Waals surface area contributed by atoms with Crippen molar-refractivity contribution in [2.75, 3.05) is 6.61 Å². The Morgan fingerprint density at radius 3 is 2.32 bits per heavy atom. The van der Waals surface area contributed by atoms with Crippen LogP contribution >= 0.6 is 0 Å². The Morgan fingerprint density at radius 1 is 1.00 bits per heavy atom. The molecule has 1 aromatic carbocycles. The highest BCUT2D eigenvalue weighted by Crippen LogP contribution is 2.35. The summed E-state index contributed by atoms with van der Waals surface area (Å²) in [5, 5.41) is 0. The van der Waals surface area contributed by atoms with Crippen LogP contribution in [-0.2, 0) is 0 Å². The van der Waals surface area contributed by atoms with Gasteiger partial charge in [0.05, 0.1) is 19.0 Å². The maximum Gasteiger partial charge on any atom is 0.205 e. The number of hydrogen-bond donors (Lipinski definition) is 0. The van der Waals surface area contributed by atoms with Crippen molar-refractivity contribution in [3.05, 3.63) is 53.6 Å². The maximum absolute atomic E-state index is 5.48. The molecule has 0 spiro atoms. The first-order chi connectivity index (χ1) is 12.2. The van der Waals surface area contributed by atoms with Crippen molar-refractivity contribution in [2.45, 2.75) is 51.9 Å². The topological polar surface area (TPSA) is 35.0 Å². The van der Waals surface area contributed by atoms with E-state index < -0.39 is 0 Å². The van der Waals surface area contributed by atoms with E-state index in [9.17, 15) is 0 Å². The number of nitrogens with zero attached hydrogens (tertiary/aromatic N) is 2. The van der Waals surface area contributed by atoms with E-state index in [2.05, 4.69) is 59.9 Å². The predicted octanol–water partition coefficient (Wildman–Crippen LogP) is 4.96. The highest BCUT2D eigenvalue weighted by molar-refractivity contribution is 5.40. The number of hydrogen-bond acceptors (Lipinski definition) is 3. The van der Waals surface area contributed by atoms with Gasteiger partial charge in [-0.15, -0.1) is 0 Å². The molecule has 0 bridgehead atoms. The summed E-state index contributed by atoms with van der Waals surface area (Å²) in [5.74, 6) is 8.99. The predicted molar refractivity (Wildman–Crippen MR) is 101 cm³/mol. The molecular formula is C22H26N2O. The van der Waals surface area contributed by atoms with Gasteiger partial charge in [0.15, 0.2) is 5.75 Å². The van der Waals surface area contributed by atoms with Gasteiger partial charge in [-0.25, -0.2) is 9.97 Å². The molecule has 1 aliphatic rings. The first-order valence-corrected chi connectivity index (χ1v) is 9.31.